The summed E-state index contributed by atoms with van der Waals surface area (Å²) in [6, 6.07) is 0. The summed E-state index contributed by atoms with van der Waals surface area (Å²) in [5, 5.41) is 22.0. The molecule has 0 saturated carbocycles. The van der Waals surface area contributed by atoms with Gasteiger partial charge in [-0.15, -0.1) is 0 Å². The van der Waals surface area contributed by atoms with E-state index in [2.05, 4.69) is 19.1 Å². The van der Waals surface area contributed by atoms with Crippen LogP contribution in [-0.2, 0) is 19.7 Å². The zero-order valence-electron chi connectivity index (χ0n) is 19.0. The SMILES string of the molecule is CCCCCCCC/C=C\CCCCCCCCC(CC(=O)[O-])(C(=O)[O-])S(=O)(=O)O.[Ca+2]. The molecular formula is C22H38CaO7S. The van der Waals surface area contributed by atoms with E-state index in [-0.39, 0.29) is 44.2 Å². The van der Waals surface area contributed by atoms with Crippen LogP contribution < -0.4 is 10.2 Å². The Morgan fingerprint density at radius 3 is 1.61 bits per heavy atom. The maximum absolute atomic E-state index is 11.5. The minimum atomic E-state index is -5.13. The molecule has 1 atom stereocenters. The molecule has 176 valence electrons. The number of aliphatic carboxylic acids is 2. The molecule has 0 aromatic carbocycles. The van der Waals surface area contributed by atoms with E-state index in [1.165, 1.54) is 38.5 Å². The summed E-state index contributed by atoms with van der Waals surface area (Å²) in [6.07, 6.45) is 17.1. The molecule has 0 spiro atoms. The van der Waals surface area contributed by atoms with Crippen molar-refractivity contribution in [2.45, 2.75) is 114 Å². The summed E-state index contributed by atoms with van der Waals surface area (Å²) in [7, 11) is -5.13. The Kier molecular flexibility index (Phi) is 20.6. The van der Waals surface area contributed by atoms with E-state index in [4.69, 9.17) is 0 Å². The minimum Gasteiger partial charge on any atom is -0.550 e. The number of carbonyl (C=O) groups excluding carboxylic acids is 2. The molecule has 0 bridgehead atoms. The van der Waals surface area contributed by atoms with E-state index < -0.39 is 39.6 Å². The summed E-state index contributed by atoms with van der Waals surface area (Å²) in [6.45, 7) is 2.22. The van der Waals surface area contributed by atoms with Crippen LogP contribution in [0.15, 0.2) is 12.2 Å². The van der Waals surface area contributed by atoms with Crippen LogP contribution in [0, 0.1) is 0 Å². The third-order valence-electron chi connectivity index (χ3n) is 5.39. The molecule has 7 nitrogen and oxygen atoms in total. The molecule has 0 fully saturated rings. The number of unbranched alkanes of at least 4 members (excludes halogenated alkanes) is 12. The minimum absolute atomic E-state index is 0. The van der Waals surface area contributed by atoms with Crippen LogP contribution in [0.1, 0.15) is 110 Å². The predicted octanol–water partition coefficient (Wildman–Crippen LogP) is 2.55. The zero-order chi connectivity index (χ0) is 22.9. The quantitative estimate of drug-likeness (QED) is 0.121. The van der Waals surface area contributed by atoms with Gasteiger partial charge in [0, 0.05) is 12.4 Å². The van der Waals surface area contributed by atoms with Gasteiger partial charge in [-0.1, -0.05) is 83.3 Å². The van der Waals surface area contributed by atoms with E-state index in [0.29, 0.717) is 6.42 Å². The third kappa shape index (κ3) is 15.3. The Morgan fingerprint density at radius 1 is 0.806 bits per heavy atom. The standard InChI is InChI=1S/C22H40O7S.Ca/c1-2-3-4-5-6-7-8-9-10-11-12-13-14-15-16-17-18-22(21(25)26,19-20(23)24)30(27,28)29;/h9-10H,2-8,11-19H2,1H3,(H,23,24)(H,25,26)(H,27,28,29);/q;+2/p-2/b10-9-;. The number of rotatable bonds is 20. The van der Waals surface area contributed by atoms with E-state index in [9.17, 15) is 32.8 Å². The van der Waals surface area contributed by atoms with Gasteiger partial charge in [0.25, 0.3) is 10.1 Å². The van der Waals surface area contributed by atoms with Gasteiger partial charge in [-0.3, -0.25) is 4.55 Å². The topological polar surface area (TPSA) is 135 Å². The van der Waals surface area contributed by atoms with Crippen molar-refractivity contribution in [3.63, 3.8) is 0 Å². The average molecular weight is 487 g/mol. The van der Waals surface area contributed by atoms with Crippen molar-refractivity contribution < 1.29 is 32.8 Å². The molecule has 9 heteroatoms. The van der Waals surface area contributed by atoms with Crippen molar-refractivity contribution in [2.24, 2.45) is 0 Å². The maximum atomic E-state index is 11.5. The first kappa shape index (κ1) is 33.0. The molecule has 0 saturated heterocycles. The van der Waals surface area contributed by atoms with Crippen molar-refractivity contribution in [3.8, 4) is 0 Å². The second kappa shape index (κ2) is 19.3. The molecule has 0 aromatic rings. The van der Waals surface area contributed by atoms with Crippen molar-refractivity contribution in [1.82, 2.24) is 0 Å². The molecule has 0 rings (SSSR count). The van der Waals surface area contributed by atoms with Crippen LogP contribution in [0.25, 0.3) is 0 Å². The van der Waals surface area contributed by atoms with Crippen molar-refractivity contribution >= 4 is 59.8 Å². The Balaban J connectivity index is 0. The van der Waals surface area contributed by atoms with Crippen molar-refractivity contribution in [3.05, 3.63) is 12.2 Å². The maximum Gasteiger partial charge on any atom is 2.00 e. The molecule has 0 aromatic heterocycles. The molecule has 0 aliphatic heterocycles. The Morgan fingerprint density at radius 2 is 1.23 bits per heavy atom. The van der Waals surface area contributed by atoms with Crippen LogP contribution in [0.3, 0.4) is 0 Å². The first-order chi connectivity index (χ1) is 14.2. The number of carboxylic acids is 2. The molecule has 0 amide bonds. The number of allylic oxidation sites excluding steroid dienone is 2. The zero-order valence-corrected chi connectivity index (χ0v) is 22.0. The van der Waals surface area contributed by atoms with E-state index >= 15 is 0 Å². The Hall–Kier alpha value is -0.150. The van der Waals surface area contributed by atoms with Crippen molar-refractivity contribution in [2.75, 3.05) is 0 Å². The number of carbonyl (C=O) groups is 2. The normalized spacial score (nSPS) is 13.6. The summed E-state index contributed by atoms with van der Waals surface area (Å²) >= 11 is 0. The molecular weight excluding hydrogens is 448 g/mol. The molecule has 0 aliphatic rings. The van der Waals surface area contributed by atoms with Gasteiger partial charge in [0.15, 0.2) is 0 Å². The smallest absolute Gasteiger partial charge is 0.550 e. The van der Waals surface area contributed by atoms with Crippen LogP contribution in [0.2, 0.25) is 0 Å². The van der Waals surface area contributed by atoms with Gasteiger partial charge in [-0.2, -0.15) is 8.42 Å². The van der Waals surface area contributed by atoms with Gasteiger partial charge in [-0.05, 0) is 32.1 Å². The summed E-state index contributed by atoms with van der Waals surface area (Å²) < 4.78 is 29.3. The Labute approximate surface area is 217 Å². The average Bonchev–Trinajstić information content (AvgIpc) is 2.65. The molecule has 1 unspecified atom stereocenters. The molecule has 1 N–H and O–H groups in total. The molecule has 0 aliphatic carbocycles. The monoisotopic (exact) mass is 486 g/mol. The van der Waals surface area contributed by atoms with Crippen LogP contribution in [0.5, 0.6) is 0 Å². The van der Waals surface area contributed by atoms with Gasteiger partial charge in [-0.25, -0.2) is 0 Å². The molecule has 31 heavy (non-hydrogen) atoms. The van der Waals surface area contributed by atoms with E-state index in [1.807, 2.05) is 0 Å². The van der Waals surface area contributed by atoms with Gasteiger partial charge >= 0.3 is 37.7 Å². The fraction of sp³-hybridized carbons (Fsp3) is 0.818. The summed E-state index contributed by atoms with van der Waals surface area (Å²) in [4.78, 5) is 22.0. The van der Waals surface area contributed by atoms with Gasteiger partial charge < -0.3 is 19.8 Å². The summed E-state index contributed by atoms with van der Waals surface area (Å²) in [5.74, 6) is -3.97. The third-order valence-corrected chi connectivity index (χ3v) is 6.89. The van der Waals surface area contributed by atoms with Gasteiger partial charge in [0.05, 0.1) is 5.97 Å². The first-order valence-corrected chi connectivity index (χ1v) is 12.6. The number of hydrogen-bond acceptors (Lipinski definition) is 6. The molecule has 0 heterocycles. The molecule has 0 radical (unpaired) electrons. The fourth-order valence-electron chi connectivity index (χ4n) is 3.48. The fourth-order valence-corrected chi connectivity index (χ4v) is 4.39. The van der Waals surface area contributed by atoms with Crippen LogP contribution in [-0.4, -0.2) is 67.4 Å². The van der Waals surface area contributed by atoms with Crippen LogP contribution in [0.4, 0.5) is 0 Å². The van der Waals surface area contributed by atoms with E-state index in [1.54, 1.807) is 0 Å². The van der Waals surface area contributed by atoms with Gasteiger partial charge in [0.1, 0.15) is 4.75 Å². The van der Waals surface area contributed by atoms with Crippen molar-refractivity contribution in [1.29, 1.82) is 0 Å². The first-order valence-electron chi connectivity index (χ1n) is 11.2. The number of hydrogen-bond donors (Lipinski definition) is 1. The second-order valence-electron chi connectivity index (χ2n) is 7.99. The largest absolute Gasteiger partial charge is 2.00 e. The van der Waals surface area contributed by atoms with Crippen LogP contribution >= 0.6 is 0 Å². The van der Waals surface area contributed by atoms with E-state index in [0.717, 1.165) is 38.5 Å². The Bertz CT molecular complexity index is 619. The second-order valence-corrected chi connectivity index (χ2v) is 9.73. The number of carboxylic acid groups (broad SMARTS) is 2. The van der Waals surface area contributed by atoms with Gasteiger partial charge in [0.2, 0.25) is 0 Å². The predicted molar refractivity (Wildman–Crippen MR) is 119 cm³/mol. The summed E-state index contributed by atoms with van der Waals surface area (Å²) in [5.41, 5.74) is 0.